The van der Waals surface area contributed by atoms with Gasteiger partial charge in [-0.3, -0.25) is 0 Å². The van der Waals surface area contributed by atoms with Crippen molar-refractivity contribution in [1.82, 2.24) is 0 Å². The maximum atomic E-state index is 5.59. The number of nitrogens with one attached hydrogen (secondary N) is 1. The molecule has 0 saturated carbocycles. The molecule has 98 valence electrons. The molecule has 2 aromatic rings. The van der Waals surface area contributed by atoms with E-state index in [2.05, 4.69) is 41.7 Å². The van der Waals surface area contributed by atoms with Crippen LogP contribution in [0.4, 0.5) is 5.69 Å². The molecule has 2 aromatic carbocycles. The zero-order chi connectivity index (χ0) is 13.1. The van der Waals surface area contributed by atoms with Crippen LogP contribution in [0.3, 0.4) is 0 Å². The van der Waals surface area contributed by atoms with Crippen LogP contribution in [0.15, 0.2) is 42.5 Å². The van der Waals surface area contributed by atoms with E-state index in [0.717, 1.165) is 12.3 Å². The zero-order valence-corrected chi connectivity index (χ0v) is 11.3. The maximum absolute atomic E-state index is 5.59. The van der Waals surface area contributed by atoms with Crippen molar-refractivity contribution in [2.24, 2.45) is 0 Å². The summed E-state index contributed by atoms with van der Waals surface area (Å²) in [5.74, 6) is 0.938. The number of aryl methyl sites for hydroxylation is 1. The average Bonchev–Trinajstić information content (AvgIpc) is 2.47. The Labute approximate surface area is 114 Å². The van der Waals surface area contributed by atoms with Crippen LogP contribution in [0.2, 0.25) is 0 Å². The Balaban J connectivity index is 2.04. The van der Waals surface area contributed by atoms with Crippen LogP contribution in [0.1, 0.15) is 18.9 Å². The number of para-hydroxylation sites is 1. The molecule has 0 unspecified atom stereocenters. The summed E-state index contributed by atoms with van der Waals surface area (Å²) in [6.07, 6.45) is 2.39. The van der Waals surface area contributed by atoms with E-state index in [9.17, 15) is 0 Å². The Morgan fingerprint density at radius 3 is 2.95 bits per heavy atom. The second kappa shape index (κ2) is 5.35. The van der Waals surface area contributed by atoms with Gasteiger partial charge >= 0.3 is 0 Å². The molecule has 0 spiro atoms. The first-order valence-corrected chi connectivity index (χ1v) is 6.97. The van der Waals surface area contributed by atoms with Crippen molar-refractivity contribution in [3.63, 3.8) is 0 Å². The van der Waals surface area contributed by atoms with Crippen molar-refractivity contribution in [2.75, 3.05) is 18.5 Å². The van der Waals surface area contributed by atoms with Crippen LogP contribution in [0.25, 0.3) is 11.1 Å². The van der Waals surface area contributed by atoms with Crippen molar-refractivity contribution in [1.29, 1.82) is 0 Å². The fourth-order valence-electron chi connectivity index (χ4n) is 2.67. The Morgan fingerprint density at radius 2 is 2.05 bits per heavy atom. The SMILES string of the molecule is CCOc1cccc(-c2cccc3c2NCCC3)c1. The van der Waals surface area contributed by atoms with Gasteiger partial charge in [-0.1, -0.05) is 30.3 Å². The average molecular weight is 253 g/mol. The lowest BCUT2D eigenvalue weighted by molar-refractivity contribution is 0.340. The minimum atomic E-state index is 0.703. The normalized spacial score (nSPS) is 13.5. The number of anilines is 1. The van der Waals surface area contributed by atoms with Crippen LogP contribution < -0.4 is 10.1 Å². The number of hydrogen-bond acceptors (Lipinski definition) is 2. The molecule has 0 bridgehead atoms. The smallest absolute Gasteiger partial charge is 0.119 e. The predicted molar refractivity (Wildman–Crippen MR) is 79.9 cm³/mol. The number of fused-ring (bicyclic) bond motifs is 1. The standard InChI is InChI=1S/C17H19NO/c1-2-19-15-9-3-7-14(12-15)16-10-4-6-13-8-5-11-18-17(13)16/h3-4,6-7,9-10,12,18H,2,5,8,11H2,1H3. The lowest BCUT2D eigenvalue weighted by atomic mass is 9.95. The van der Waals surface area contributed by atoms with E-state index in [-0.39, 0.29) is 0 Å². The molecular weight excluding hydrogens is 234 g/mol. The minimum Gasteiger partial charge on any atom is -0.494 e. The third kappa shape index (κ3) is 2.43. The Kier molecular flexibility index (Phi) is 3.41. The summed E-state index contributed by atoms with van der Waals surface area (Å²) in [5.41, 5.74) is 5.21. The van der Waals surface area contributed by atoms with Crippen molar-refractivity contribution in [2.45, 2.75) is 19.8 Å². The molecule has 0 amide bonds. The summed E-state index contributed by atoms with van der Waals surface area (Å²) in [6.45, 7) is 3.78. The monoisotopic (exact) mass is 253 g/mol. The predicted octanol–water partition coefficient (Wildman–Crippen LogP) is 4.11. The molecule has 1 heterocycles. The molecule has 3 rings (SSSR count). The molecule has 0 aliphatic carbocycles. The van der Waals surface area contributed by atoms with Crippen molar-refractivity contribution < 1.29 is 4.74 Å². The minimum absolute atomic E-state index is 0.703. The highest BCUT2D eigenvalue weighted by Gasteiger charge is 2.13. The molecule has 0 aromatic heterocycles. The Bertz CT molecular complexity index is 577. The highest BCUT2D eigenvalue weighted by Crippen LogP contribution is 2.35. The fourth-order valence-corrected chi connectivity index (χ4v) is 2.67. The summed E-state index contributed by atoms with van der Waals surface area (Å²) >= 11 is 0. The lowest BCUT2D eigenvalue weighted by Gasteiger charge is -2.21. The molecule has 2 nitrogen and oxygen atoms in total. The van der Waals surface area contributed by atoms with Gasteiger partial charge in [0.2, 0.25) is 0 Å². The first kappa shape index (κ1) is 12.1. The van der Waals surface area contributed by atoms with E-state index in [1.54, 1.807) is 0 Å². The summed E-state index contributed by atoms with van der Waals surface area (Å²) in [4.78, 5) is 0. The van der Waals surface area contributed by atoms with Gasteiger partial charge in [0.1, 0.15) is 5.75 Å². The van der Waals surface area contributed by atoms with E-state index in [4.69, 9.17) is 4.74 Å². The summed E-state index contributed by atoms with van der Waals surface area (Å²) in [6, 6.07) is 14.9. The molecule has 19 heavy (non-hydrogen) atoms. The number of hydrogen-bond donors (Lipinski definition) is 1. The van der Waals surface area contributed by atoms with Crippen molar-refractivity contribution in [3.05, 3.63) is 48.0 Å². The van der Waals surface area contributed by atoms with Gasteiger partial charge < -0.3 is 10.1 Å². The fraction of sp³-hybridized carbons (Fsp3) is 0.294. The first-order chi connectivity index (χ1) is 9.38. The molecule has 2 heteroatoms. The van der Waals surface area contributed by atoms with Gasteiger partial charge in [0.05, 0.1) is 6.61 Å². The highest BCUT2D eigenvalue weighted by atomic mass is 16.5. The van der Waals surface area contributed by atoms with Gasteiger partial charge in [-0.15, -0.1) is 0 Å². The van der Waals surface area contributed by atoms with E-state index < -0.39 is 0 Å². The Hall–Kier alpha value is -1.96. The molecule has 0 radical (unpaired) electrons. The summed E-state index contributed by atoms with van der Waals surface area (Å²) in [7, 11) is 0. The molecule has 0 fully saturated rings. The van der Waals surface area contributed by atoms with Crippen LogP contribution in [-0.4, -0.2) is 13.2 Å². The molecule has 1 aliphatic heterocycles. The van der Waals surface area contributed by atoms with Gasteiger partial charge in [0.15, 0.2) is 0 Å². The van der Waals surface area contributed by atoms with Crippen LogP contribution in [-0.2, 0) is 6.42 Å². The molecule has 1 aliphatic rings. The van der Waals surface area contributed by atoms with Crippen LogP contribution >= 0.6 is 0 Å². The number of ether oxygens (including phenoxy) is 1. The van der Waals surface area contributed by atoms with Crippen molar-refractivity contribution in [3.8, 4) is 16.9 Å². The third-order valence-electron chi connectivity index (χ3n) is 3.53. The van der Waals surface area contributed by atoms with Crippen LogP contribution in [0, 0.1) is 0 Å². The largest absolute Gasteiger partial charge is 0.494 e. The van der Waals surface area contributed by atoms with E-state index >= 15 is 0 Å². The molecule has 1 N–H and O–H groups in total. The van der Waals surface area contributed by atoms with E-state index in [0.29, 0.717) is 6.61 Å². The molecule has 0 atom stereocenters. The Morgan fingerprint density at radius 1 is 1.16 bits per heavy atom. The number of rotatable bonds is 3. The van der Waals surface area contributed by atoms with Crippen molar-refractivity contribution >= 4 is 5.69 Å². The summed E-state index contributed by atoms with van der Waals surface area (Å²) < 4.78 is 5.59. The molecular formula is C17H19NO. The van der Waals surface area contributed by atoms with Gasteiger partial charge in [-0.25, -0.2) is 0 Å². The second-order valence-electron chi connectivity index (χ2n) is 4.83. The van der Waals surface area contributed by atoms with Crippen LogP contribution in [0.5, 0.6) is 5.75 Å². The first-order valence-electron chi connectivity index (χ1n) is 6.97. The van der Waals surface area contributed by atoms with Gasteiger partial charge in [0.25, 0.3) is 0 Å². The van der Waals surface area contributed by atoms with E-state index in [1.165, 1.54) is 35.2 Å². The quantitative estimate of drug-likeness (QED) is 0.888. The number of benzene rings is 2. The topological polar surface area (TPSA) is 21.3 Å². The van der Waals surface area contributed by atoms with E-state index in [1.807, 2.05) is 13.0 Å². The third-order valence-corrected chi connectivity index (χ3v) is 3.53. The molecule has 0 saturated heterocycles. The maximum Gasteiger partial charge on any atom is 0.119 e. The lowest BCUT2D eigenvalue weighted by Crippen LogP contribution is -2.12. The summed E-state index contributed by atoms with van der Waals surface area (Å²) in [5, 5.41) is 3.54. The van der Waals surface area contributed by atoms with Gasteiger partial charge in [-0.05, 0) is 43.0 Å². The van der Waals surface area contributed by atoms with Gasteiger partial charge in [0, 0.05) is 17.8 Å². The highest BCUT2D eigenvalue weighted by molar-refractivity contribution is 5.81. The van der Waals surface area contributed by atoms with Gasteiger partial charge in [-0.2, -0.15) is 0 Å². The second-order valence-corrected chi connectivity index (χ2v) is 4.83. The zero-order valence-electron chi connectivity index (χ0n) is 11.3.